The summed E-state index contributed by atoms with van der Waals surface area (Å²) in [7, 11) is 0. The predicted molar refractivity (Wildman–Crippen MR) is 117 cm³/mol. The summed E-state index contributed by atoms with van der Waals surface area (Å²) in [6, 6.07) is 3.54. The van der Waals surface area contributed by atoms with Crippen molar-refractivity contribution in [3.8, 4) is 0 Å². The number of aliphatic imine (C=N–C) groups is 1. The molecule has 0 bridgehead atoms. The molecular formula is C22H27ClN4O3. The van der Waals surface area contributed by atoms with E-state index in [2.05, 4.69) is 27.4 Å². The second kappa shape index (κ2) is 9.18. The van der Waals surface area contributed by atoms with E-state index in [0.29, 0.717) is 48.1 Å². The maximum Gasteiger partial charge on any atom is 0.306 e. The number of nitrogens with one attached hydrogen (secondary N) is 1. The molecule has 4 N–H and O–H groups in total. The first-order valence-electron chi connectivity index (χ1n) is 10.5. The van der Waals surface area contributed by atoms with Crippen LogP contribution < -0.4 is 11.1 Å². The number of aliphatic carboxylic acids is 1. The number of pyridine rings is 1. The molecule has 2 fully saturated rings. The standard InChI is InChI=1S/C22H27ClN4O3/c23-18-7-8-19(27-22(24)30-17-5-3-13(4-6-17)21(28)29)26-20(18)15-1-2-16-12-25-10-9-14(16)11-15/h1,7-8,11,13,16-17,25H,2-6,9-10,12H2,(H,28,29)(H2,24,26,27). The second-order valence-corrected chi connectivity index (χ2v) is 8.55. The van der Waals surface area contributed by atoms with Gasteiger partial charge < -0.3 is 20.9 Å². The number of carbonyl (C=O) groups is 1. The Balaban J connectivity index is 1.45. The molecule has 1 saturated heterocycles. The first-order chi connectivity index (χ1) is 14.5. The lowest BCUT2D eigenvalue weighted by molar-refractivity contribution is -0.143. The van der Waals surface area contributed by atoms with E-state index in [1.165, 1.54) is 5.57 Å². The molecule has 4 rings (SSSR count). The maximum absolute atomic E-state index is 11.1. The number of nitrogens with two attached hydrogens (primary N) is 1. The fourth-order valence-corrected chi connectivity index (χ4v) is 4.61. The van der Waals surface area contributed by atoms with Crippen LogP contribution in [0, 0.1) is 11.8 Å². The Hall–Kier alpha value is -2.38. The third kappa shape index (κ3) is 4.84. The summed E-state index contributed by atoms with van der Waals surface area (Å²) in [4.78, 5) is 20.0. The molecule has 1 unspecified atom stereocenters. The molecule has 1 saturated carbocycles. The second-order valence-electron chi connectivity index (χ2n) is 8.15. The van der Waals surface area contributed by atoms with E-state index in [1.807, 2.05) is 0 Å². The van der Waals surface area contributed by atoms with Crippen LogP contribution in [0.2, 0.25) is 5.02 Å². The Morgan fingerprint density at radius 2 is 2.10 bits per heavy atom. The van der Waals surface area contributed by atoms with Gasteiger partial charge in [-0.25, -0.2) is 4.98 Å². The monoisotopic (exact) mass is 430 g/mol. The summed E-state index contributed by atoms with van der Waals surface area (Å²) in [6.07, 6.45) is 8.80. The lowest BCUT2D eigenvalue weighted by Crippen LogP contribution is -2.32. The number of allylic oxidation sites excluding steroid dienone is 3. The molecular weight excluding hydrogens is 404 g/mol. The van der Waals surface area contributed by atoms with Crippen molar-refractivity contribution in [2.24, 2.45) is 22.6 Å². The number of amidine groups is 1. The van der Waals surface area contributed by atoms with Gasteiger partial charge in [0.1, 0.15) is 6.10 Å². The molecule has 0 aromatic carbocycles. The molecule has 0 radical (unpaired) electrons. The van der Waals surface area contributed by atoms with Crippen molar-refractivity contribution in [1.29, 1.82) is 0 Å². The van der Waals surface area contributed by atoms with Crippen molar-refractivity contribution >= 4 is 35.0 Å². The minimum atomic E-state index is -0.740. The summed E-state index contributed by atoms with van der Waals surface area (Å²) in [5.41, 5.74) is 9.16. The van der Waals surface area contributed by atoms with Crippen LogP contribution in [0.15, 0.2) is 34.9 Å². The number of rotatable bonds is 4. The summed E-state index contributed by atoms with van der Waals surface area (Å²) in [5, 5.41) is 13.1. The van der Waals surface area contributed by atoms with Gasteiger partial charge in [-0.3, -0.25) is 4.79 Å². The fraction of sp³-hybridized carbons (Fsp3) is 0.500. The number of ether oxygens (including phenoxy) is 1. The molecule has 7 nitrogen and oxygen atoms in total. The zero-order valence-electron chi connectivity index (χ0n) is 16.8. The summed E-state index contributed by atoms with van der Waals surface area (Å²) in [5.74, 6) is -0.0303. The van der Waals surface area contributed by atoms with Gasteiger partial charge in [0, 0.05) is 6.54 Å². The van der Waals surface area contributed by atoms with Gasteiger partial charge in [0.25, 0.3) is 6.02 Å². The number of aromatic nitrogens is 1. The van der Waals surface area contributed by atoms with Crippen LogP contribution in [0.5, 0.6) is 0 Å². The molecule has 1 aromatic heterocycles. The molecule has 8 heteroatoms. The zero-order chi connectivity index (χ0) is 21.1. The Morgan fingerprint density at radius 3 is 2.87 bits per heavy atom. The smallest absolute Gasteiger partial charge is 0.306 e. The molecule has 2 aliphatic carbocycles. The number of hydrogen-bond donors (Lipinski definition) is 3. The van der Waals surface area contributed by atoms with Crippen molar-refractivity contribution in [3.05, 3.63) is 40.6 Å². The third-order valence-electron chi connectivity index (χ3n) is 6.11. The topological polar surface area (TPSA) is 110 Å². The normalized spacial score (nSPS) is 27.0. The molecule has 1 aliphatic heterocycles. The third-order valence-corrected chi connectivity index (χ3v) is 6.41. The van der Waals surface area contributed by atoms with Gasteiger partial charge in [0.2, 0.25) is 0 Å². The average molecular weight is 431 g/mol. The van der Waals surface area contributed by atoms with Gasteiger partial charge >= 0.3 is 5.97 Å². The summed E-state index contributed by atoms with van der Waals surface area (Å²) < 4.78 is 5.74. The van der Waals surface area contributed by atoms with E-state index in [1.54, 1.807) is 12.1 Å². The van der Waals surface area contributed by atoms with Gasteiger partial charge in [0.05, 0.1) is 16.6 Å². The Morgan fingerprint density at radius 1 is 1.30 bits per heavy atom. The molecule has 30 heavy (non-hydrogen) atoms. The predicted octanol–water partition coefficient (Wildman–Crippen LogP) is 3.66. The van der Waals surface area contributed by atoms with E-state index < -0.39 is 5.97 Å². The van der Waals surface area contributed by atoms with Crippen LogP contribution in [-0.4, -0.2) is 41.3 Å². The average Bonchev–Trinajstić information content (AvgIpc) is 2.75. The molecule has 0 spiro atoms. The van der Waals surface area contributed by atoms with Crippen LogP contribution in [-0.2, 0) is 9.53 Å². The van der Waals surface area contributed by atoms with Gasteiger partial charge in [-0.2, -0.15) is 4.99 Å². The number of hydrogen-bond acceptors (Lipinski definition) is 5. The first kappa shape index (κ1) is 20.9. The molecule has 160 valence electrons. The zero-order valence-corrected chi connectivity index (χ0v) is 17.6. The van der Waals surface area contributed by atoms with Crippen molar-refractivity contribution in [1.82, 2.24) is 10.3 Å². The lowest BCUT2D eigenvalue weighted by Gasteiger charge is -2.29. The van der Waals surface area contributed by atoms with Gasteiger partial charge in [-0.05, 0) is 68.7 Å². The van der Waals surface area contributed by atoms with E-state index in [-0.39, 0.29) is 18.0 Å². The van der Waals surface area contributed by atoms with Crippen LogP contribution >= 0.6 is 11.6 Å². The Labute approximate surface area is 181 Å². The number of carboxylic acids is 1. The number of piperidine rings is 1. The van der Waals surface area contributed by atoms with Crippen LogP contribution in [0.25, 0.3) is 5.57 Å². The minimum absolute atomic E-state index is 0.0453. The molecule has 3 aliphatic rings. The van der Waals surface area contributed by atoms with Crippen LogP contribution in [0.1, 0.15) is 44.2 Å². The largest absolute Gasteiger partial charge is 0.481 e. The van der Waals surface area contributed by atoms with E-state index in [9.17, 15) is 4.79 Å². The van der Waals surface area contributed by atoms with Crippen molar-refractivity contribution in [3.63, 3.8) is 0 Å². The van der Waals surface area contributed by atoms with E-state index >= 15 is 0 Å². The molecule has 0 amide bonds. The molecule has 2 heterocycles. The fourth-order valence-electron chi connectivity index (χ4n) is 4.40. The van der Waals surface area contributed by atoms with Gasteiger partial charge in [-0.15, -0.1) is 0 Å². The van der Waals surface area contributed by atoms with Crippen LogP contribution in [0.3, 0.4) is 0 Å². The van der Waals surface area contributed by atoms with Crippen LogP contribution in [0.4, 0.5) is 5.82 Å². The van der Waals surface area contributed by atoms with E-state index in [0.717, 1.165) is 31.5 Å². The van der Waals surface area contributed by atoms with Crippen molar-refractivity contribution < 1.29 is 14.6 Å². The molecule has 1 atom stereocenters. The Kier molecular flexibility index (Phi) is 6.39. The minimum Gasteiger partial charge on any atom is -0.481 e. The quantitative estimate of drug-likeness (QED) is 0.496. The van der Waals surface area contributed by atoms with Crippen molar-refractivity contribution in [2.75, 3.05) is 13.1 Å². The number of carboxylic acid groups (broad SMARTS) is 1. The highest BCUT2D eigenvalue weighted by Gasteiger charge is 2.27. The highest BCUT2D eigenvalue weighted by Crippen LogP contribution is 2.35. The number of halogens is 1. The van der Waals surface area contributed by atoms with E-state index in [4.69, 9.17) is 27.2 Å². The highest BCUT2D eigenvalue weighted by atomic mass is 35.5. The number of fused-ring (bicyclic) bond motifs is 1. The highest BCUT2D eigenvalue weighted by molar-refractivity contribution is 6.32. The van der Waals surface area contributed by atoms with Gasteiger partial charge in [0.15, 0.2) is 5.82 Å². The molecule has 1 aromatic rings. The van der Waals surface area contributed by atoms with Gasteiger partial charge in [-0.1, -0.05) is 29.3 Å². The van der Waals surface area contributed by atoms with Crippen molar-refractivity contribution in [2.45, 2.75) is 44.6 Å². The summed E-state index contributed by atoms with van der Waals surface area (Å²) >= 11 is 6.43. The summed E-state index contributed by atoms with van der Waals surface area (Å²) in [6.45, 7) is 2.02. The SMILES string of the molecule is NC(=Nc1ccc(Cl)c(C2=CCC3CNCCC3=C2)n1)OC1CCC(C(=O)O)CC1. The Bertz CT molecular complexity index is 904. The maximum atomic E-state index is 11.1. The first-order valence-corrected chi connectivity index (χ1v) is 10.9. The number of nitrogens with zero attached hydrogens (tertiary/aromatic N) is 2. The lowest BCUT2D eigenvalue weighted by atomic mass is 9.83.